The molecular formula is C99H157N15O16S. The number of aliphatic hydroxyl groups is 5. The number of carbonyl (C=O) groups excluding carboxylic acids is 2. The predicted octanol–water partition coefficient (Wildman–Crippen LogP) is 16.5. The average molecular weight is 1850 g/mol. The van der Waals surface area contributed by atoms with Gasteiger partial charge in [0.2, 0.25) is 9.84 Å². The second kappa shape index (κ2) is 53.5. The number of ether oxygens (including phenoxy) is 5. The van der Waals surface area contributed by atoms with Crippen LogP contribution < -0.4 is 47.5 Å². The van der Waals surface area contributed by atoms with Crippen LogP contribution in [0.1, 0.15) is 233 Å². The molecule has 4 aromatic carbocycles. The number of carbonyl (C=O) groups is 2. The first kappa shape index (κ1) is 114. The molecule has 5 aliphatic carbocycles. The minimum atomic E-state index is -4.15. The fourth-order valence-corrected chi connectivity index (χ4v) is 21.0. The Morgan fingerprint density at radius 1 is 0.756 bits per heavy atom. The number of imidazole rings is 2. The number of nitrogens with one attached hydrogen (secondary N) is 6. The molecule has 7 aliphatic rings. The van der Waals surface area contributed by atoms with Gasteiger partial charge < -0.3 is 92.3 Å². The lowest BCUT2D eigenvalue weighted by Gasteiger charge is -2.59. The topological polar surface area (TPSA) is 456 Å². The van der Waals surface area contributed by atoms with Gasteiger partial charge in [0.05, 0.1) is 78.0 Å². The molecule has 4 saturated carbocycles. The van der Waals surface area contributed by atoms with Crippen molar-refractivity contribution >= 4 is 72.0 Å². The van der Waals surface area contributed by atoms with Gasteiger partial charge in [-0.2, -0.15) is 0 Å². The van der Waals surface area contributed by atoms with Gasteiger partial charge in [0.1, 0.15) is 48.3 Å². The minimum Gasteiger partial charge on any atom is -0.495 e. The number of allylic oxidation sites excluding steroid dienone is 4. The molecule has 4 aromatic heterocycles. The van der Waals surface area contributed by atoms with E-state index < -0.39 is 86.0 Å². The number of unbranched alkanes of at least 4 members (excludes halogenated alkanes) is 5. The summed E-state index contributed by atoms with van der Waals surface area (Å²) in [6.07, 6.45) is 27.6. The van der Waals surface area contributed by atoms with Gasteiger partial charge in [0.25, 0.3) is 5.69 Å². The van der Waals surface area contributed by atoms with E-state index in [1.54, 1.807) is 61.7 Å². The van der Waals surface area contributed by atoms with Crippen LogP contribution >= 0.6 is 0 Å². The minimum absolute atomic E-state index is 0. The Morgan fingerprint density at radius 3 is 1.92 bits per heavy atom. The predicted molar refractivity (Wildman–Crippen MR) is 525 cm³/mol. The largest absolute Gasteiger partial charge is 0.495 e. The molecule has 6 unspecified atom stereocenters. The Kier molecular flexibility index (Phi) is 46.5. The van der Waals surface area contributed by atoms with Gasteiger partial charge in [0.15, 0.2) is 51.6 Å². The molecule has 131 heavy (non-hydrogen) atoms. The Bertz CT molecular complexity index is 4910. The second-order valence-corrected chi connectivity index (χ2v) is 36.0. The van der Waals surface area contributed by atoms with Crippen LogP contribution in [0.4, 0.5) is 28.6 Å². The molecule has 6 fully saturated rings. The Balaban J connectivity index is 0.000000349. The first-order valence-electron chi connectivity index (χ1n) is 44.0. The molecule has 15 N–H and O–H groups in total. The van der Waals surface area contributed by atoms with Crippen molar-refractivity contribution in [3.63, 3.8) is 0 Å². The molecule has 32 heteroatoms. The fraction of sp³-hybridized carbons (Fsp3) is 0.586. The van der Waals surface area contributed by atoms with E-state index in [2.05, 4.69) is 89.4 Å². The van der Waals surface area contributed by atoms with E-state index in [4.69, 9.17) is 35.2 Å². The molecule has 0 radical (unpaired) electrons. The number of hydrogen-bond acceptors (Lipinski definition) is 28. The Morgan fingerprint density at radius 2 is 1.36 bits per heavy atom. The number of sulfone groups is 1. The fourth-order valence-electron chi connectivity index (χ4n) is 19.2. The van der Waals surface area contributed by atoms with Crippen molar-refractivity contribution in [2.45, 2.75) is 292 Å². The SMILES string of the molecule is C.C.C.C.C.C.C.CC(C)c1ccccc1S(=O)(=O)c1cc(N)c2ncccc2c1[N+](=O)[O-].CCCC1O[C@@H]2CC3C4CCC5=CC(=O)C=CC5(C)C4[C@@H](O)CC3(C)[C@]2(C(=O)CO)O1.COc1ccccc1NCCCCNCCCCCCNCCCCNc1ccccc1OC.C[C@@H](N)Cc1cnc[nH]1.OC[C@H]1O[C@@H](n2cnc3c(NC4CCCC4)ncnc32)[C@H](O)[C@@H]1O. The molecule has 730 valence electrons. The Hall–Kier alpha value is -9.42. The number of para-hydroxylation sites is 4. The number of hydrogen-bond donors (Lipinski definition) is 13. The molecular weight excluding hydrogens is 1690 g/mol. The number of nitrogens with two attached hydrogens (primary N) is 2. The maximum Gasteiger partial charge on any atom is 0.297 e. The zero-order chi connectivity index (χ0) is 88.7. The normalized spacial score (nSPS) is 23.7. The highest BCUT2D eigenvalue weighted by molar-refractivity contribution is 7.91. The highest BCUT2D eigenvalue weighted by Crippen LogP contribution is 2.70. The van der Waals surface area contributed by atoms with Gasteiger partial charge in [-0.25, -0.2) is 28.4 Å². The quantitative estimate of drug-likeness (QED) is 0.00759. The second-order valence-electron chi connectivity index (χ2n) is 34.1. The highest BCUT2D eigenvalue weighted by Gasteiger charge is 2.76. The lowest BCUT2D eigenvalue weighted by Crippen LogP contribution is -2.63. The van der Waals surface area contributed by atoms with Crippen LogP contribution in [0.15, 0.2) is 156 Å². The third-order valence-electron chi connectivity index (χ3n) is 25.3. The number of aromatic nitrogens is 7. The summed E-state index contributed by atoms with van der Waals surface area (Å²) in [5, 5.41) is 80.0. The number of fused-ring (bicyclic) bond motifs is 9. The highest BCUT2D eigenvalue weighted by atomic mass is 32.2. The van der Waals surface area contributed by atoms with Crippen LogP contribution in [-0.2, 0) is 40.1 Å². The summed E-state index contributed by atoms with van der Waals surface area (Å²) < 4.78 is 57.1. The molecule has 6 heterocycles. The van der Waals surface area contributed by atoms with Crippen molar-refractivity contribution in [3.8, 4) is 11.5 Å². The van der Waals surface area contributed by atoms with E-state index >= 15 is 0 Å². The van der Waals surface area contributed by atoms with Gasteiger partial charge in [-0.3, -0.25) is 29.3 Å². The monoisotopic (exact) mass is 1840 g/mol. The van der Waals surface area contributed by atoms with Crippen LogP contribution in [0, 0.1) is 38.7 Å². The van der Waals surface area contributed by atoms with Gasteiger partial charge in [-0.1, -0.05) is 173 Å². The third-order valence-corrected chi connectivity index (χ3v) is 27.2. The number of anilines is 4. The number of Topliss-reactive ketones (excluding diaryl/α,β-unsaturated/α-hetero) is 1. The number of aliphatic hydroxyl groups excluding tert-OH is 5. The van der Waals surface area contributed by atoms with Crippen LogP contribution in [0.3, 0.4) is 0 Å². The summed E-state index contributed by atoms with van der Waals surface area (Å²) >= 11 is 0. The van der Waals surface area contributed by atoms with Crippen molar-refractivity contribution < 1.29 is 72.1 Å². The number of nitrogen functional groups attached to an aromatic ring is 1. The van der Waals surface area contributed by atoms with E-state index in [-0.39, 0.29) is 127 Å². The van der Waals surface area contributed by atoms with Crippen LogP contribution in [0.2, 0.25) is 0 Å². The van der Waals surface area contributed by atoms with Crippen LogP contribution in [0.25, 0.3) is 22.1 Å². The van der Waals surface area contributed by atoms with Crippen molar-refractivity contribution in [2.75, 3.05) is 88.4 Å². The number of ketones is 2. The van der Waals surface area contributed by atoms with E-state index in [9.17, 15) is 53.7 Å². The number of aromatic amines is 1. The smallest absolute Gasteiger partial charge is 0.297 e. The number of nitrogens with zero attached hydrogens (tertiary/aromatic N) is 7. The number of rotatable bonds is 35. The molecule has 0 amide bonds. The zero-order valence-electron chi connectivity index (χ0n) is 72.8. The van der Waals surface area contributed by atoms with Gasteiger partial charge in [0, 0.05) is 66.4 Å². The van der Waals surface area contributed by atoms with Crippen LogP contribution in [0.5, 0.6) is 11.5 Å². The standard InChI is InChI=1S/C28H46N4O2.C25H34O6.C18H17N3O4S.C15H21N5O4.C6H11N3.7CH4/c1-33-27-17-7-5-15-25(27)31-23-13-11-21-29-19-9-3-4-10-20-30-22-12-14-24-32-26-16-6-8-18-28(26)34-2;1-4-5-21-30-20-11-17-16-7-6-14-10-15(27)8-9-23(14,2)22(16)18(28)12-24(17,3)25(20,31-21)19(29)13-26;1-11(2)12-6-3-4-8-15(12)26(24,25)16-10-14(19)17-13(7-5-9-20-17)18(16)21(22)23;21-5-9-11(22)12(23)15(24-9)20-7-18-10-13(16-6-17-14(10)20)19-8-3-1-2-4-8;1-5(7)2-6-3-8-4-9-6;;;;;;;/h5-8,15-18,29-32H,3-4,9-14,19-24H2,1-2H3;8-10,16-18,20-22,26,28H,4-7,11-13H2,1-3H3;3-11H,19H2,1-2H3;6-9,11-12,15,21-23H,1-5H2,(H,16,17,19);3-5H,2,7H2,1H3,(H,8,9);7*1H4/t;16?,17?,18-,20+,21?,22?,23?,24?,25+;;9-,11-,12-,15-;5-;;;;;;;/m.0.11......./s1. The van der Waals surface area contributed by atoms with Gasteiger partial charge in [-0.15, -0.1) is 0 Å². The van der Waals surface area contributed by atoms with Gasteiger partial charge in [-0.05, 0) is 201 Å². The average Bonchev–Trinajstić information content (AvgIpc) is 1.51. The molecule has 8 aromatic rings. The molecule has 0 spiro atoms. The summed E-state index contributed by atoms with van der Waals surface area (Å²) in [4.78, 5) is 59.6. The number of nitro groups is 1. The molecule has 2 aliphatic heterocycles. The first-order valence-corrected chi connectivity index (χ1v) is 45.5. The lowest BCUT2D eigenvalue weighted by atomic mass is 9.46. The molecule has 14 atom stereocenters. The summed E-state index contributed by atoms with van der Waals surface area (Å²) in [5.74, 6) is 2.44. The summed E-state index contributed by atoms with van der Waals surface area (Å²) in [6.45, 7) is 17.4. The summed E-state index contributed by atoms with van der Waals surface area (Å²) in [6, 6.07) is 27.3. The first-order chi connectivity index (χ1) is 59.8. The number of H-pyrrole nitrogens is 1. The summed E-state index contributed by atoms with van der Waals surface area (Å²) in [7, 11) is -0.725. The van der Waals surface area contributed by atoms with E-state index in [1.165, 1.54) is 88.4 Å². The molecule has 0 bridgehead atoms. The van der Waals surface area contributed by atoms with Crippen molar-refractivity contribution in [1.29, 1.82) is 0 Å². The maximum atomic E-state index is 13.3. The number of methoxy groups -OCH3 is 2. The number of nitro benzene ring substituents is 1. The van der Waals surface area contributed by atoms with Crippen LogP contribution in [-0.4, -0.2) is 206 Å². The molecule has 2 saturated heterocycles. The van der Waals surface area contributed by atoms with E-state index in [1.807, 2.05) is 63.2 Å². The maximum absolute atomic E-state index is 13.3. The van der Waals surface area contributed by atoms with Crippen molar-refractivity contribution in [1.82, 2.24) is 45.1 Å². The van der Waals surface area contributed by atoms with Crippen molar-refractivity contribution in [3.05, 3.63) is 168 Å². The van der Waals surface area contributed by atoms with Gasteiger partial charge >= 0.3 is 0 Å². The number of pyridine rings is 1. The number of benzene rings is 4. The third kappa shape index (κ3) is 26.8. The summed E-state index contributed by atoms with van der Waals surface area (Å²) in [5.41, 5.74) is 15.2. The Labute approximate surface area is 778 Å². The molecule has 15 rings (SSSR count). The lowest BCUT2D eigenvalue weighted by molar-refractivity contribution is -0.386. The molecule has 31 nitrogen and oxygen atoms in total. The van der Waals surface area contributed by atoms with Crippen molar-refractivity contribution in [2.24, 2.45) is 34.3 Å². The van der Waals surface area contributed by atoms with E-state index in [0.717, 1.165) is 131 Å². The zero-order valence-corrected chi connectivity index (χ0v) is 73.6. The van der Waals surface area contributed by atoms with E-state index in [0.29, 0.717) is 47.8 Å².